The predicted octanol–water partition coefficient (Wildman–Crippen LogP) is 3.81. The number of anilines is 1. The standard InChI is InChI=1S/C16H19ClN2/c1-13-15(12-17)8-9-16(18-13)19(2)11-10-14-6-4-3-5-7-14/h3-9H,10-12H2,1-2H3. The molecule has 0 aliphatic heterocycles. The van der Waals surface area contributed by atoms with Crippen molar-refractivity contribution < 1.29 is 0 Å². The summed E-state index contributed by atoms with van der Waals surface area (Å²) in [4.78, 5) is 6.78. The molecule has 1 heterocycles. The van der Waals surface area contributed by atoms with E-state index in [1.54, 1.807) is 0 Å². The van der Waals surface area contributed by atoms with E-state index >= 15 is 0 Å². The third-order valence-corrected chi connectivity index (χ3v) is 3.58. The number of rotatable bonds is 5. The van der Waals surface area contributed by atoms with Gasteiger partial charge in [-0.1, -0.05) is 36.4 Å². The van der Waals surface area contributed by atoms with Crippen LogP contribution in [-0.2, 0) is 12.3 Å². The Morgan fingerprint density at radius 1 is 1.11 bits per heavy atom. The molecule has 0 amide bonds. The molecular formula is C16H19ClN2. The van der Waals surface area contributed by atoms with E-state index in [1.807, 2.05) is 19.1 Å². The normalized spacial score (nSPS) is 10.5. The first kappa shape index (κ1) is 13.9. The van der Waals surface area contributed by atoms with Crippen LogP contribution in [0.1, 0.15) is 16.8 Å². The zero-order valence-electron chi connectivity index (χ0n) is 11.4. The first-order valence-electron chi connectivity index (χ1n) is 6.48. The lowest BCUT2D eigenvalue weighted by atomic mass is 10.1. The highest BCUT2D eigenvalue weighted by Crippen LogP contribution is 2.15. The number of likely N-dealkylation sites (N-methyl/N-ethyl adjacent to an activating group) is 1. The van der Waals surface area contributed by atoms with Crippen LogP contribution in [0.3, 0.4) is 0 Å². The summed E-state index contributed by atoms with van der Waals surface area (Å²) in [6.07, 6.45) is 1.02. The molecule has 0 fully saturated rings. The Hall–Kier alpha value is -1.54. The van der Waals surface area contributed by atoms with E-state index in [-0.39, 0.29) is 0 Å². The summed E-state index contributed by atoms with van der Waals surface area (Å²) in [7, 11) is 2.07. The van der Waals surface area contributed by atoms with Gasteiger partial charge in [0.05, 0.1) is 0 Å². The number of nitrogens with zero attached hydrogens (tertiary/aromatic N) is 2. The van der Waals surface area contributed by atoms with Gasteiger partial charge in [-0.3, -0.25) is 0 Å². The van der Waals surface area contributed by atoms with Gasteiger partial charge in [0.15, 0.2) is 0 Å². The van der Waals surface area contributed by atoms with Gasteiger partial charge in [-0.15, -0.1) is 11.6 Å². The molecule has 0 radical (unpaired) electrons. The van der Waals surface area contributed by atoms with E-state index < -0.39 is 0 Å². The van der Waals surface area contributed by atoms with Gasteiger partial charge in [0.1, 0.15) is 5.82 Å². The van der Waals surface area contributed by atoms with Crippen LogP contribution in [0.4, 0.5) is 5.82 Å². The van der Waals surface area contributed by atoms with Crippen LogP contribution in [0.2, 0.25) is 0 Å². The highest BCUT2D eigenvalue weighted by molar-refractivity contribution is 6.17. The van der Waals surface area contributed by atoms with E-state index in [2.05, 4.69) is 47.3 Å². The van der Waals surface area contributed by atoms with Crippen molar-refractivity contribution in [2.24, 2.45) is 0 Å². The van der Waals surface area contributed by atoms with Crippen LogP contribution >= 0.6 is 11.6 Å². The van der Waals surface area contributed by atoms with Gasteiger partial charge in [0.2, 0.25) is 0 Å². The minimum atomic E-state index is 0.521. The summed E-state index contributed by atoms with van der Waals surface area (Å²) >= 11 is 5.85. The summed E-state index contributed by atoms with van der Waals surface area (Å²) < 4.78 is 0. The average molecular weight is 275 g/mol. The van der Waals surface area contributed by atoms with Gasteiger partial charge < -0.3 is 4.90 Å². The number of halogens is 1. The Morgan fingerprint density at radius 3 is 2.47 bits per heavy atom. The minimum absolute atomic E-state index is 0.521. The molecule has 0 bridgehead atoms. The summed E-state index contributed by atoms with van der Waals surface area (Å²) in [5.41, 5.74) is 3.46. The molecule has 0 aliphatic carbocycles. The summed E-state index contributed by atoms with van der Waals surface area (Å²) in [5, 5.41) is 0. The molecule has 1 aromatic heterocycles. The molecule has 0 saturated carbocycles. The fraction of sp³-hybridized carbons (Fsp3) is 0.312. The molecule has 0 atom stereocenters. The van der Waals surface area contributed by atoms with E-state index in [4.69, 9.17) is 11.6 Å². The molecule has 2 nitrogen and oxygen atoms in total. The van der Waals surface area contributed by atoms with Crippen molar-refractivity contribution >= 4 is 17.4 Å². The van der Waals surface area contributed by atoms with Gasteiger partial charge in [-0.25, -0.2) is 4.98 Å². The fourth-order valence-electron chi connectivity index (χ4n) is 1.99. The molecule has 1 aromatic carbocycles. The van der Waals surface area contributed by atoms with Crippen LogP contribution in [-0.4, -0.2) is 18.6 Å². The largest absolute Gasteiger partial charge is 0.359 e. The number of hydrogen-bond donors (Lipinski definition) is 0. The Labute approximate surface area is 120 Å². The van der Waals surface area contributed by atoms with Crippen LogP contribution in [0.25, 0.3) is 0 Å². The Kier molecular flexibility index (Phi) is 4.80. The third kappa shape index (κ3) is 3.71. The number of hydrogen-bond acceptors (Lipinski definition) is 2. The number of alkyl halides is 1. The van der Waals surface area contributed by atoms with Crippen LogP contribution in [0, 0.1) is 6.92 Å². The maximum Gasteiger partial charge on any atom is 0.128 e. The van der Waals surface area contributed by atoms with Crippen molar-refractivity contribution in [1.82, 2.24) is 4.98 Å². The zero-order chi connectivity index (χ0) is 13.7. The minimum Gasteiger partial charge on any atom is -0.359 e. The maximum absolute atomic E-state index is 5.85. The lowest BCUT2D eigenvalue weighted by molar-refractivity contribution is 0.854. The SMILES string of the molecule is Cc1nc(N(C)CCc2ccccc2)ccc1CCl. The fourth-order valence-corrected chi connectivity index (χ4v) is 2.27. The summed E-state index contributed by atoms with van der Waals surface area (Å²) in [6.45, 7) is 2.96. The van der Waals surface area contributed by atoms with Gasteiger partial charge in [-0.2, -0.15) is 0 Å². The lowest BCUT2D eigenvalue weighted by Gasteiger charge is -2.19. The van der Waals surface area contributed by atoms with Crippen molar-refractivity contribution in [2.45, 2.75) is 19.2 Å². The second-order valence-electron chi connectivity index (χ2n) is 4.70. The van der Waals surface area contributed by atoms with Gasteiger partial charge in [-0.05, 0) is 30.5 Å². The first-order chi connectivity index (χ1) is 9.20. The lowest BCUT2D eigenvalue weighted by Crippen LogP contribution is -2.21. The molecular weight excluding hydrogens is 256 g/mol. The highest BCUT2D eigenvalue weighted by Gasteiger charge is 2.05. The summed E-state index contributed by atoms with van der Waals surface area (Å²) in [5.74, 6) is 1.52. The third-order valence-electron chi connectivity index (χ3n) is 3.29. The highest BCUT2D eigenvalue weighted by atomic mass is 35.5. The molecule has 0 saturated heterocycles. The Bertz CT molecular complexity index is 526. The second-order valence-corrected chi connectivity index (χ2v) is 4.97. The van der Waals surface area contributed by atoms with E-state index in [0.717, 1.165) is 30.0 Å². The van der Waals surface area contributed by atoms with Crippen molar-refractivity contribution in [3.8, 4) is 0 Å². The second kappa shape index (κ2) is 6.58. The van der Waals surface area contributed by atoms with Gasteiger partial charge in [0, 0.05) is 25.2 Å². The quantitative estimate of drug-likeness (QED) is 0.771. The molecule has 2 aromatic rings. The summed E-state index contributed by atoms with van der Waals surface area (Å²) in [6, 6.07) is 14.6. The topological polar surface area (TPSA) is 16.1 Å². The van der Waals surface area contributed by atoms with Crippen molar-refractivity contribution in [3.05, 3.63) is 59.3 Å². The van der Waals surface area contributed by atoms with Crippen LogP contribution < -0.4 is 4.90 Å². The maximum atomic E-state index is 5.85. The number of benzene rings is 1. The Balaban J connectivity index is 2.00. The number of aromatic nitrogens is 1. The van der Waals surface area contributed by atoms with E-state index in [0.29, 0.717) is 5.88 Å². The molecule has 0 N–H and O–H groups in total. The molecule has 3 heteroatoms. The number of pyridine rings is 1. The molecule has 0 aliphatic rings. The monoisotopic (exact) mass is 274 g/mol. The molecule has 0 spiro atoms. The van der Waals surface area contributed by atoms with Crippen molar-refractivity contribution in [1.29, 1.82) is 0 Å². The van der Waals surface area contributed by atoms with Crippen molar-refractivity contribution in [2.75, 3.05) is 18.5 Å². The van der Waals surface area contributed by atoms with Crippen LogP contribution in [0.5, 0.6) is 0 Å². The average Bonchev–Trinajstić information content (AvgIpc) is 2.45. The zero-order valence-corrected chi connectivity index (χ0v) is 12.2. The van der Waals surface area contributed by atoms with Crippen molar-refractivity contribution in [3.63, 3.8) is 0 Å². The molecule has 0 unspecified atom stereocenters. The first-order valence-corrected chi connectivity index (χ1v) is 7.01. The van der Waals surface area contributed by atoms with Gasteiger partial charge >= 0.3 is 0 Å². The molecule has 2 rings (SSSR count). The predicted molar refractivity (Wildman–Crippen MR) is 81.9 cm³/mol. The van der Waals surface area contributed by atoms with Gasteiger partial charge in [0.25, 0.3) is 0 Å². The Morgan fingerprint density at radius 2 is 1.84 bits per heavy atom. The van der Waals surface area contributed by atoms with E-state index in [9.17, 15) is 0 Å². The number of aryl methyl sites for hydroxylation is 1. The smallest absolute Gasteiger partial charge is 0.128 e. The van der Waals surface area contributed by atoms with E-state index in [1.165, 1.54) is 5.56 Å². The molecule has 100 valence electrons. The molecule has 19 heavy (non-hydrogen) atoms. The van der Waals surface area contributed by atoms with Crippen LogP contribution in [0.15, 0.2) is 42.5 Å².